The van der Waals surface area contributed by atoms with Crippen LogP contribution >= 0.6 is 43.5 Å². The van der Waals surface area contributed by atoms with Crippen LogP contribution in [-0.2, 0) is 4.74 Å². The Kier molecular flexibility index (Phi) is 4.96. The predicted molar refractivity (Wildman–Crippen MR) is 91.2 cm³/mol. The molecule has 5 heteroatoms. The molecule has 1 saturated carbocycles. The first kappa shape index (κ1) is 17.5. The van der Waals surface area contributed by atoms with Crippen LogP contribution in [0.25, 0.3) is 0 Å². The van der Waals surface area contributed by atoms with Crippen LogP contribution in [0.5, 0.6) is 0 Å². The molecule has 1 aliphatic heterocycles. The first-order chi connectivity index (χ1) is 8.99. The van der Waals surface area contributed by atoms with Gasteiger partial charge in [-0.15, -0.1) is 11.6 Å². The van der Waals surface area contributed by atoms with E-state index in [1.165, 1.54) is 0 Å². The predicted octanol–water partition coefficient (Wildman–Crippen LogP) is 4.63. The molecule has 2 rings (SSSR count). The second kappa shape index (κ2) is 5.67. The number of hydrogen-bond acceptors (Lipinski definition) is 2. The van der Waals surface area contributed by atoms with Gasteiger partial charge in [-0.3, -0.25) is 0 Å². The fourth-order valence-corrected chi connectivity index (χ4v) is 4.70. The zero-order valence-corrected chi connectivity index (χ0v) is 16.6. The molecule has 2 nitrogen and oxygen atoms in total. The van der Waals surface area contributed by atoms with Crippen LogP contribution in [0.3, 0.4) is 0 Å². The van der Waals surface area contributed by atoms with E-state index in [0.717, 1.165) is 25.7 Å². The average molecular weight is 433 g/mol. The quantitative estimate of drug-likeness (QED) is 0.612. The molecular weight excluding hydrogens is 407 g/mol. The van der Waals surface area contributed by atoms with Crippen molar-refractivity contribution in [2.45, 2.75) is 85.2 Å². The third-order valence-corrected chi connectivity index (χ3v) is 8.61. The van der Waals surface area contributed by atoms with Crippen molar-refractivity contribution >= 4 is 43.5 Å². The van der Waals surface area contributed by atoms with Crippen molar-refractivity contribution in [3.8, 4) is 0 Å². The molecule has 2 fully saturated rings. The van der Waals surface area contributed by atoms with Gasteiger partial charge in [-0.2, -0.15) is 0 Å². The number of aliphatic hydroxyl groups is 1. The van der Waals surface area contributed by atoms with Crippen LogP contribution in [-0.4, -0.2) is 36.9 Å². The van der Waals surface area contributed by atoms with E-state index in [1.807, 2.05) is 0 Å². The zero-order chi connectivity index (χ0) is 15.3. The van der Waals surface area contributed by atoms with Crippen LogP contribution in [0.4, 0.5) is 0 Å². The van der Waals surface area contributed by atoms with E-state index in [2.05, 4.69) is 59.6 Å². The summed E-state index contributed by atoms with van der Waals surface area (Å²) in [6, 6.07) is 0. The van der Waals surface area contributed by atoms with Gasteiger partial charge < -0.3 is 9.84 Å². The minimum atomic E-state index is -0.510. The number of alkyl halides is 3. The summed E-state index contributed by atoms with van der Waals surface area (Å²) >= 11 is 13.9. The Hall–Kier alpha value is 1.17. The van der Waals surface area contributed by atoms with Gasteiger partial charge in [0.25, 0.3) is 0 Å². The Morgan fingerprint density at radius 1 is 1.20 bits per heavy atom. The molecule has 118 valence electrons. The van der Waals surface area contributed by atoms with E-state index in [0.29, 0.717) is 5.92 Å². The maximum absolute atomic E-state index is 10.6. The summed E-state index contributed by atoms with van der Waals surface area (Å²) in [4.78, 5) is 0.176. The van der Waals surface area contributed by atoms with Crippen molar-refractivity contribution in [2.75, 3.05) is 0 Å². The molecule has 0 amide bonds. The van der Waals surface area contributed by atoms with Gasteiger partial charge in [0.2, 0.25) is 0 Å². The van der Waals surface area contributed by atoms with Crippen LogP contribution in [0.1, 0.15) is 53.4 Å². The first-order valence-corrected chi connectivity index (χ1v) is 9.49. The maximum atomic E-state index is 10.6. The molecular formula is C15H25Br2ClO2. The van der Waals surface area contributed by atoms with Gasteiger partial charge in [0.15, 0.2) is 0 Å². The van der Waals surface area contributed by atoms with Crippen LogP contribution in [0.15, 0.2) is 0 Å². The largest absolute Gasteiger partial charge is 0.390 e. The van der Waals surface area contributed by atoms with Gasteiger partial charge in [0, 0.05) is 14.5 Å². The summed E-state index contributed by atoms with van der Waals surface area (Å²) in [5.41, 5.74) is -0.782. The highest BCUT2D eigenvalue weighted by Crippen LogP contribution is 2.50. The summed E-state index contributed by atoms with van der Waals surface area (Å²) in [6.07, 6.45) is 3.18. The smallest absolute Gasteiger partial charge is 0.0948 e. The zero-order valence-electron chi connectivity index (χ0n) is 12.6. The van der Waals surface area contributed by atoms with E-state index >= 15 is 0 Å². The molecule has 1 unspecified atom stereocenters. The van der Waals surface area contributed by atoms with Crippen LogP contribution < -0.4 is 0 Å². The van der Waals surface area contributed by atoms with E-state index < -0.39 is 11.7 Å². The molecule has 1 heterocycles. The Bertz CT molecular complexity index is 375. The number of halogens is 3. The van der Waals surface area contributed by atoms with Crippen LogP contribution in [0.2, 0.25) is 0 Å². The van der Waals surface area contributed by atoms with E-state index in [9.17, 15) is 5.11 Å². The second-order valence-corrected chi connectivity index (χ2v) is 10.8. The van der Waals surface area contributed by atoms with Gasteiger partial charge in [-0.25, -0.2) is 0 Å². The molecule has 0 aromatic carbocycles. The van der Waals surface area contributed by atoms with Gasteiger partial charge in [0.05, 0.1) is 17.3 Å². The normalized spacial score (nSPS) is 52.8. The average Bonchev–Trinajstić information content (AvgIpc) is 2.30. The highest BCUT2D eigenvalue weighted by Gasteiger charge is 2.54. The molecule has 20 heavy (non-hydrogen) atoms. The summed E-state index contributed by atoms with van der Waals surface area (Å²) in [5.74, 6) is 0.296. The van der Waals surface area contributed by atoms with Crippen molar-refractivity contribution in [1.82, 2.24) is 0 Å². The fourth-order valence-electron chi connectivity index (χ4n) is 3.52. The van der Waals surface area contributed by atoms with Crippen LogP contribution in [0, 0.1) is 5.92 Å². The number of rotatable bonds is 1. The molecule has 6 atom stereocenters. The lowest BCUT2D eigenvalue weighted by Crippen LogP contribution is -2.62. The molecule has 1 N–H and O–H groups in total. The molecule has 0 spiro atoms. The molecule has 0 aromatic heterocycles. The summed E-state index contributed by atoms with van der Waals surface area (Å²) in [5, 5.41) is 10.7. The lowest BCUT2D eigenvalue weighted by molar-refractivity contribution is -0.238. The maximum Gasteiger partial charge on any atom is 0.0948 e. The molecule has 1 saturated heterocycles. The highest BCUT2D eigenvalue weighted by molar-refractivity contribution is 9.10. The van der Waals surface area contributed by atoms with Crippen molar-refractivity contribution in [2.24, 2.45) is 5.92 Å². The Morgan fingerprint density at radius 2 is 1.80 bits per heavy atom. The summed E-state index contributed by atoms with van der Waals surface area (Å²) in [6.45, 7) is 8.39. The molecule has 0 bridgehead atoms. The summed E-state index contributed by atoms with van der Waals surface area (Å²) < 4.78 is 6.37. The third kappa shape index (κ3) is 3.10. The lowest BCUT2D eigenvalue weighted by atomic mass is 9.69. The van der Waals surface area contributed by atoms with E-state index in [-0.39, 0.29) is 20.1 Å². The fraction of sp³-hybridized carbons (Fsp3) is 1.00. The minimum absolute atomic E-state index is 0.00545. The first-order valence-electron chi connectivity index (χ1n) is 7.34. The Morgan fingerprint density at radius 3 is 2.35 bits per heavy atom. The van der Waals surface area contributed by atoms with E-state index in [1.54, 1.807) is 0 Å². The highest BCUT2D eigenvalue weighted by atomic mass is 79.9. The monoisotopic (exact) mass is 430 g/mol. The third-order valence-electron chi connectivity index (χ3n) is 5.27. The number of ether oxygens (including phenoxy) is 1. The number of aliphatic hydroxyl groups excluding tert-OH is 1. The van der Waals surface area contributed by atoms with Gasteiger partial charge in [-0.05, 0) is 59.3 Å². The molecule has 0 aromatic rings. The SMILES string of the molecule is CC1(C)O[C@](C)(C2CC[C@@](C)(Br)[C@H](Cl)C2)[C@H](O)C[C@H]1Br. The summed E-state index contributed by atoms with van der Waals surface area (Å²) in [7, 11) is 0. The van der Waals surface area contributed by atoms with Crippen molar-refractivity contribution in [1.29, 1.82) is 0 Å². The standard InChI is InChI=1S/C15H25Br2ClO2/c1-13(2)10(16)8-12(19)15(4,20-13)9-5-6-14(3,17)11(18)7-9/h9-12,19H,5-8H2,1-4H3/t9?,10-,11-,12-,14-,15-/m1/s1. The minimum Gasteiger partial charge on any atom is -0.390 e. The van der Waals surface area contributed by atoms with Crippen molar-refractivity contribution in [3.63, 3.8) is 0 Å². The number of hydrogen-bond donors (Lipinski definition) is 1. The lowest BCUT2D eigenvalue weighted by Gasteiger charge is -2.54. The van der Waals surface area contributed by atoms with Crippen molar-refractivity contribution < 1.29 is 9.84 Å². The van der Waals surface area contributed by atoms with Gasteiger partial charge in [-0.1, -0.05) is 31.9 Å². The Balaban J connectivity index is 2.18. The second-order valence-electron chi connectivity index (χ2n) is 7.33. The molecule has 1 aliphatic carbocycles. The molecule has 2 aliphatic rings. The van der Waals surface area contributed by atoms with Gasteiger partial charge in [0.1, 0.15) is 0 Å². The van der Waals surface area contributed by atoms with Gasteiger partial charge >= 0.3 is 0 Å². The Labute approximate surface area is 144 Å². The van der Waals surface area contributed by atoms with Crippen molar-refractivity contribution in [3.05, 3.63) is 0 Å². The molecule has 0 radical (unpaired) electrons. The van der Waals surface area contributed by atoms with E-state index in [4.69, 9.17) is 16.3 Å². The topological polar surface area (TPSA) is 29.5 Å².